The van der Waals surface area contributed by atoms with Gasteiger partial charge in [0.2, 0.25) is 0 Å². The Kier molecular flexibility index (Phi) is 3.49. The molecule has 1 aromatic carbocycles. The van der Waals surface area contributed by atoms with Crippen LogP contribution in [0.4, 0.5) is 0 Å². The Morgan fingerprint density at radius 2 is 2.05 bits per heavy atom. The molecule has 112 valence electrons. The van der Waals surface area contributed by atoms with Gasteiger partial charge in [-0.1, -0.05) is 12.1 Å². The van der Waals surface area contributed by atoms with Crippen LogP contribution in [-0.4, -0.2) is 40.1 Å². The Balaban J connectivity index is 2.09. The molecule has 1 fully saturated rings. The quantitative estimate of drug-likeness (QED) is 0.892. The Labute approximate surface area is 124 Å². The van der Waals surface area contributed by atoms with Crippen LogP contribution >= 0.6 is 0 Å². The molecule has 1 aromatic heterocycles. The third-order valence-electron chi connectivity index (χ3n) is 4.68. The third-order valence-corrected chi connectivity index (χ3v) is 4.68. The first-order valence-electron chi connectivity index (χ1n) is 7.55. The van der Waals surface area contributed by atoms with E-state index in [0.29, 0.717) is 5.69 Å². The van der Waals surface area contributed by atoms with Crippen LogP contribution in [0.2, 0.25) is 0 Å². The molecule has 1 aliphatic heterocycles. The van der Waals surface area contributed by atoms with Crippen molar-refractivity contribution in [2.45, 2.75) is 39.7 Å². The highest BCUT2D eigenvalue weighted by Gasteiger charge is 2.31. The molecule has 4 heteroatoms. The van der Waals surface area contributed by atoms with Crippen LogP contribution < -0.4 is 0 Å². The molecule has 4 nitrogen and oxygen atoms in total. The van der Waals surface area contributed by atoms with Crippen molar-refractivity contribution >= 4 is 16.8 Å². The van der Waals surface area contributed by atoms with E-state index in [1.807, 2.05) is 11.8 Å². The number of carbonyl (C=O) groups excluding carboxylic acids is 1. The Hall–Kier alpha value is -1.81. The van der Waals surface area contributed by atoms with Gasteiger partial charge in [0.15, 0.2) is 0 Å². The molecule has 0 radical (unpaired) electrons. The van der Waals surface area contributed by atoms with Crippen LogP contribution in [0, 0.1) is 20.8 Å². The van der Waals surface area contributed by atoms with Crippen molar-refractivity contribution in [3.05, 3.63) is 34.5 Å². The number of aryl methyl sites for hydroxylation is 3. The van der Waals surface area contributed by atoms with Gasteiger partial charge in [-0.15, -0.1) is 0 Å². The molecule has 1 atom stereocenters. The summed E-state index contributed by atoms with van der Waals surface area (Å²) in [5.74, 6) is 0.0130. The van der Waals surface area contributed by atoms with E-state index in [9.17, 15) is 9.90 Å². The second-order valence-corrected chi connectivity index (χ2v) is 6.05. The molecule has 3 rings (SSSR count). The first-order chi connectivity index (χ1) is 10.0. The van der Waals surface area contributed by atoms with Crippen molar-refractivity contribution in [1.82, 2.24) is 9.88 Å². The average molecular weight is 286 g/mol. The van der Waals surface area contributed by atoms with E-state index in [1.165, 1.54) is 5.56 Å². The lowest BCUT2D eigenvalue weighted by Crippen LogP contribution is -2.38. The summed E-state index contributed by atoms with van der Waals surface area (Å²) in [5, 5.41) is 10.6. The minimum Gasteiger partial charge on any atom is -0.394 e. The Bertz CT molecular complexity index is 702. The van der Waals surface area contributed by atoms with Crippen molar-refractivity contribution < 1.29 is 9.90 Å². The molecule has 0 spiro atoms. The summed E-state index contributed by atoms with van der Waals surface area (Å²) in [7, 11) is 0. The van der Waals surface area contributed by atoms with E-state index < -0.39 is 0 Å². The Morgan fingerprint density at radius 1 is 1.33 bits per heavy atom. The third kappa shape index (κ3) is 2.14. The maximum atomic E-state index is 12.8. The van der Waals surface area contributed by atoms with Crippen LogP contribution in [0.3, 0.4) is 0 Å². The van der Waals surface area contributed by atoms with E-state index >= 15 is 0 Å². The minimum atomic E-state index is -0.0366. The molecule has 2 heterocycles. The number of hydrogen-bond donors (Lipinski definition) is 2. The van der Waals surface area contributed by atoms with Crippen molar-refractivity contribution in [2.24, 2.45) is 0 Å². The number of aromatic nitrogens is 1. The smallest absolute Gasteiger partial charge is 0.270 e. The number of nitrogens with zero attached hydrogens (tertiary/aromatic N) is 1. The van der Waals surface area contributed by atoms with Gasteiger partial charge in [0.1, 0.15) is 5.69 Å². The van der Waals surface area contributed by atoms with E-state index in [2.05, 4.69) is 31.0 Å². The molecule has 0 unspecified atom stereocenters. The largest absolute Gasteiger partial charge is 0.394 e. The highest BCUT2D eigenvalue weighted by atomic mass is 16.3. The fourth-order valence-electron chi connectivity index (χ4n) is 3.45. The predicted octanol–water partition coefficient (Wildman–Crippen LogP) is 2.69. The van der Waals surface area contributed by atoms with Gasteiger partial charge in [0.05, 0.1) is 12.6 Å². The lowest BCUT2D eigenvalue weighted by molar-refractivity contribution is 0.0672. The van der Waals surface area contributed by atoms with Crippen LogP contribution in [0.25, 0.3) is 10.9 Å². The van der Waals surface area contributed by atoms with Gasteiger partial charge in [0.25, 0.3) is 5.91 Å². The maximum Gasteiger partial charge on any atom is 0.270 e. The second kappa shape index (κ2) is 5.19. The SMILES string of the molecule is Cc1ccc(C)c2c(C)c(C(=O)N3CCC[C@H]3CO)[nH]c12. The van der Waals surface area contributed by atoms with Gasteiger partial charge < -0.3 is 15.0 Å². The zero-order valence-corrected chi connectivity index (χ0v) is 12.9. The van der Waals surface area contributed by atoms with Crippen molar-refractivity contribution in [2.75, 3.05) is 13.2 Å². The minimum absolute atomic E-state index is 0.0130. The number of nitrogens with one attached hydrogen (secondary N) is 1. The maximum absolute atomic E-state index is 12.8. The summed E-state index contributed by atoms with van der Waals surface area (Å²) in [6, 6.07) is 4.14. The summed E-state index contributed by atoms with van der Waals surface area (Å²) in [6.07, 6.45) is 1.86. The summed E-state index contributed by atoms with van der Waals surface area (Å²) in [4.78, 5) is 17.9. The summed E-state index contributed by atoms with van der Waals surface area (Å²) in [5.41, 5.74) is 5.07. The molecule has 2 aromatic rings. The number of aromatic amines is 1. The number of benzene rings is 1. The first kappa shape index (κ1) is 14.1. The molecule has 2 N–H and O–H groups in total. The van der Waals surface area contributed by atoms with E-state index in [-0.39, 0.29) is 18.6 Å². The molecule has 1 amide bonds. The lowest BCUT2D eigenvalue weighted by atomic mass is 10.0. The molecule has 1 aliphatic rings. The average Bonchev–Trinajstić information content (AvgIpc) is 3.07. The normalized spacial score (nSPS) is 18.7. The molecular weight excluding hydrogens is 264 g/mol. The number of carbonyl (C=O) groups is 1. The number of aliphatic hydroxyl groups excluding tert-OH is 1. The van der Waals surface area contributed by atoms with Gasteiger partial charge in [0, 0.05) is 17.4 Å². The van der Waals surface area contributed by atoms with Crippen molar-refractivity contribution in [3.63, 3.8) is 0 Å². The molecular formula is C17H22N2O2. The van der Waals surface area contributed by atoms with Crippen molar-refractivity contribution in [1.29, 1.82) is 0 Å². The number of rotatable bonds is 2. The summed E-state index contributed by atoms with van der Waals surface area (Å²) in [6.45, 7) is 6.91. The van der Waals surface area contributed by atoms with E-state index in [1.54, 1.807) is 0 Å². The van der Waals surface area contributed by atoms with Gasteiger partial charge in [-0.3, -0.25) is 4.79 Å². The number of likely N-dealkylation sites (tertiary alicyclic amines) is 1. The van der Waals surface area contributed by atoms with Crippen LogP contribution in [-0.2, 0) is 0 Å². The zero-order valence-electron chi connectivity index (χ0n) is 12.9. The van der Waals surface area contributed by atoms with Gasteiger partial charge in [-0.05, 0) is 50.3 Å². The highest BCUT2D eigenvalue weighted by molar-refractivity contribution is 6.02. The van der Waals surface area contributed by atoms with E-state index in [4.69, 9.17) is 0 Å². The first-order valence-corrected chi connectivity index (χ1v) is 7.55. The van der Waals surface area contributed by atoms with Crippen LogP contribution in [0.1, 0.15) is 40.0 Å². The topological polar surface area (TPSA) is 56.3 Å². The zero-order chi connectivity index (χ0) is 15.1. The van der Waals surface area contributed by atoms with Gasteiger partial charge >= 0.3 is 0 Å². The lowest BCUT2D eigenvalue weighted by Gasteiger charge is -2.22. The number of fused-ring (bicyclic) bond motifs is 1. The molecule has 1 saturated heterocycles. The number of hydrogen-bond acceptors (Lipinski definition) is 2. The molecule has 21 heavy (non-hydrogen) atoms. The fraction of sp³-hybridized carbons (Fsp3) is 0.471. The molecule has 0 bridgehead atoms. The van der Waals surface area contributed by atoms with E-state index in [0.717, 1.165) is 41.4 Å². The van der Waals surface area contributed by atoms with Crippen LogP contribution in [0.5, 0.6) is 0 Å². The monoisotopic (exact) mass is 286 g/mol. The number of amides is 1. The van der Waals surface area contributed by atoms with Gasteiger partial charge in [-0.25, -0.2) is 0 Å². The predicted molar refractivity (Wildman–Crippen MR) is 83.7 cm³/mol. The summed E-state index contributed by atoms with van der Waals surface area (Å²) < 4.78 is 0. The van der Waals surface area contributed by atoms with Crippen LogP contribution in [0.15, 0.2) is 12.1 Å². The highest BCUT2D eigenvalue weighted by Crippen LogP contribution is 2.29. The summed E-state index contributed by atoms with van der Waals surface area (Å²) >= 11 is 0. The Morgan fingerprint density at radius 3 is 2.71 bits per heavy atom. The standard InChI is InChI=1S/C17H22N2O2/c1-10-6-7-11(2)15-14(10)12(3)16(18-15)17(21)19-8-4-5-13(19)9-20/h6-7,13,18,20H,4-5,8-9H2,1-3H3/t13-/m0/s1. The second-order valence-electron chi connectivity index (χ2n) is 6.05. The fourth-order valence-corrected chi connectivity index (χ4v) is 3.45. The van der Waals surface area contributed by atoms with Crippen molar-refractivity contribution in [3.8, 4) is 0 Å². The molecule has 0 aliphatic carbocycles. The number of aliphatic hydroxyl groups is 1. The van der Waals surface area contributed by atoms with Gasteiger partial charge in [-0.2, -0.15) is 0 Å². The molecule has 0 saturated carbocycles. The number of H-pyrrole nitrogens is 1.